The predicted molar refractivity (Wildman–Crippen MR) is 87.6 cm³/mol. The molecule has 0 spiro atoms. The second-order valence-corrected chi connectivity index (χ2v) is 6.09. The van der Waals surface area contributed by atoms with Gasteiger partial charge >= 0.3 is 11.8 Å². The Balaban J connectivity index is 1.86. The van der Waals surface area contributed by atoms with E-state index >= 15 is 0 Å². The Labute approximate surface area is 136 Å². The molecule has 1 N–H and O–H groups in total. The maximum atomic E-state index is 12.1. The van der Waals surface area contributed by atoms with Gasteiger partial charge < -0.3 is 15.1 Å². The van der Waals surface area contributed by atoms with Gasteiger partial charge in [0.1, 0.15) is 0 Å². The molecule has 2 rings (SSSR count). The summed E-state index contributed by atoms with van der Waals surface area (Å²) in [5, 5.41) is 11.2. The number of likely N-dealkylation sites (N-methyl/N-ethyl adjacent to an activating group) is 1. The van der Waals surface area contributed by atoms with Crippen LogP contribution in [-0.2, 0) is 16.0 Å². The summed E-state index contributed by atoms with van der Waals surface area (Å²) in [7, 11) is 3.72. The molecule has 122 valence electrons. The lowest BCUT2D eigenvalue weighted by atomic mass is 10.1. The lowest BCUT2D eigenvalue weighted by molar-refractivity contribution is -0.142. The van der Waals surface area contributed by atoms with Crippen molar-refractivity contribution >= 4 is 17.5 Å². The maximum absolute atomic E-state index is 12.1. The highest BCUT2D eigenvalue weighted by Gasteiger charge is 2.25. The molecular formula is C17H22N4O2. The fraction of sp³-hybridized carbons (Fsp3) is 0.471. The van der Waals surface area contributed by atoms with Crippen molar-refractivity contribution in [3.63, 3.8) is 0 Å². The fourth-order valence-electron chi connectivity index (χ4n) is 2.80. The first-order valence-corrected chi connectivity index (χ1v) is 7.70. The van der Waals surface area contributed by atoms with Crippen LogP contribution in [0.25, 0.3) is 0 Å². The van der Waals surface area contributed by atoms with Gasteiger partial charge in [-0.2, -0.15) is 5.26 Å². The Bertz CT molecular complexity index is 606. The van der Waals surface area contributed by atoms with E-state index < -0.39 is 11.8 Å². The molecule has 1 aliphatic rings. The number of likely N-dealkylation sites (tertiary alicyclic amines) is 1. The molecule has 1 unspecified atom stereocenters. The first-order chi connectivity index (χ1) is 11.0. The summed E-state index contributed by atoms with van der Waals surface area (Å²) in [6.07, 6.45) is 1.38. The van der Waals surface area contributed by atoms with Crippen LogP contribution >= 0.6 is 0 Å². The Kier molecular flexibility index (Phi) is 5.72. The van der Waals surface area contributed by atoms with Crippen molar-refractivity contribution in [2.75, 3.05) is 39.0 Å². The third-order valence-corrected chi connectivity index (χ3v) is 4.06. The summed E-state index contributed by atoms with van der Waals surface area (Å²) in [6, 6.07) is 8.99. The lowest BCUT2D eigenvalue weighted by Gasteiger charge is -2.20. The third-order valence-electron chi connectivity index (χ3n) is 4.06. The average Bonchev–Trinajstić information content (AvgIpc) is 2.93. The topological polar surface area (TPSA) is 76.4 Å². The Morgan fingerprint density at radius 2 is 2.09 bits per heavy atom. The van der Waals surface area contributed by atoms with Crippen molar-refractivity contribution in [2.45, 2.75) is 12.8 Å². The van der Waals surface area contributed by atoms with E-state index in [1.165, 1.54) is 4.90 Å². The molecule has 1 saturated heterocycles. The van der Waals surface area contributed by atoms with E-state index in [0.717, 1.165) is 25.1 Å². The molecule has 1 aromatic carbocycles. The maximum Gasteiger partial charge on any atom is 0.313 e. The Morgan fingerprint density at radius 3 is 2.65 bits per heavy atom. The van der Waals surface area contributed by atoms with Gasteiger partial charge in [0, 0.05) is 25.8 Å². The minimum absolute atomic E-state index is 0.325. The van der Waals surface area contributed by atoms with E-state index in [9.17, 15) is 9.59 Å². The molecule has 6 nitrogen and oxygen atoms in total. The van der Waals surface area contributed by atoms with Crippen LogP contribution in [0.3, 0.4) is 0 Å². The molecule has 6 heteroatoms. The zero-order chi connectivity index (χ0) is 16.8. The molecule has 1 fully saturated rings. The van der Waals surface area contributed by atoms with Crippen LogP contribution in [0.2, 0.25) is 0 Å². The van der Waals surface area contributed by atoms with Crippen molar-refractivity contribution < 1.29 is 9.59 Å². The molecule has 23 heavy (non-hydrogen) atoms. The van der Waals surface area contributed by atoms with Gasteiger partial charge in [-0.3, -0.25) is 9.59 Å². The predicted octanol–water partition coefficient (Wildman–Crippen LogP) is 1.10. The number of amides is 2. The van der Waals surface area contributed by atoms with Gasteiger partial charge in [0.25, 0.3) is 0 Å². The van der Waals surface area contributed by atoms with E-state index in [1.54, 1.807) is 31.3 Å². The minimum Gasteiger partial charge on any atom is -0.337 e. The number of benzene rings is 1. The summed E-state index contributed by atoms with van der Waals surface area (Å²) in [6.45, 7) is 2.59. The Morgan fingerprint density at radius 1 is 1.39 bits per heavy atom. The SMILES string of the molecule is CN1CCC(CN(C)C(=O)C(=O)Nc2ccc(CC#N)cc2)C1. The Hall–Kier alpha value is -2.39. The van der Waals surface area contributed by atoms with Crippen LogP contribution in [-0.4, -0.2) is 55.3 Å². The van der Waals surface area contributed by atoms with E-state index in [4.69, 9.17) is 5.26 Å². The van der Waals surface area contributed by atoms with Crippen LogP contribution in [0, 0.1) is 17.2 Å². The van der Waals surface area contributed by atoms with Crippen molar-refractivity contribution in [1.82, 2.24) is 9.80 Å². The average molecular weight is 314 g/mol. The highest BCUT2D eigenvalue weighted by molar-refractivity contribution is 6.39. The van der Waals surface area contributed by atoms with Gasteiger partial charge in [0.15, 0.2) is 0 Å². The molecule has 1 atom stereocenters. The van der Waals surface area contributed by atoms with Crippen molar-refractivity contribution in [1.29, 1.82) is 5.26 Å². The van der Waals surface area contributed by atoms with Crippen molar-refractivity contribution in [3.8, 4) is 6.07 Å². The lowest BCUT2D eigenvalue weighted by Crippen LogP contribution is -2.40. The van der Waals surface area contributed by atoms with E-state index in [0.29, 0.717) is 24.6 Å². The van der Waals surface area contributed by atoms with Crippen LogP contribution < -0.4 is 5.32 Å². The number of nitrogens with zero attached hydrogens (tertiary/aromatic N) is 3. The highest BCUT2D eigenvalue weighted by atomic mass is 16.2. The number of carbonyl (C=O) groups is 2. The first kappa shape index (κ1) is 17.0. The second-order valence-electron chi connectivity index (χ2n) is 6.09. The number of nitrogens with one attached hydrogen (secondary N) is 1. The van der Waals surface area contributed by atoms with Gasteiger partial charge in [-0.25, -0.2) is 0 Å². The van der Waals surface area contributed by atoms with Gasteiger partial charge in [0.2, 0.25) is 0 Å². The number of nitriles is 1. The molecule has 1 aliphatic heterocycles. The van der Waals surface area contributed by atoms with Gasteiger partial charge in [-0.1, -0.05) is 12.1 Å². The quantitative estimate of drug-likeness (QED) is 0.844. The molecule has 0 aromatic heterocycles. The molecule has 0 bridgehead atoms. The fourth-order valence-corrected chi connectivity index (χ4v) is 2.80. The monoisotopic (exact) mass is 314 g/mol. The molecular weight excluding hydrogens is 292 g/mol. The molecule has 0 radical (unpaired) electrons. The van der Waals surface area contributed by atoms with Gasteiger partial charge in [0.05, 0.1) is 12.5 Å². The van der Waals surface area contributed by atoms with Crippen LogP contribution in [0.4, 0.5) is 5.69 Å². The summed E-state index contributed by atoms with van der Waals surface area (Å²) < 4.78 is 0. The van der Waals surface area contributed by atoms with E-state index in [-0.39, 0.29) is 0 Å². The van der Waals surface area contributed by atoms with Crippen LogP contribution in [0.1, 0.15) is 12.0 Å². The molecule has 0 saturated carbocycles. The van der Waals surface area contributed by atoms with E-state index in [2.05, 4.69) is 23.3 Å². The first-order valence-electron chi connectivity index (χ1n) is 7.70. The van der Waals surface area contributed by atoms with Gasteiger partial charge in [-0.05, 0) is 43.6 Å². The molecule has 1 heterocycles. The van der Waals surface area contributed by atoms with Gasteiger partial charge in [-0.15, -0.1) is 0 Å². The van der Waals surface area contributed by atoms with Crippen molar-refractivity contribution in [3.05, 3.63) is 29.8 Å². The number of carbonyl (C=O) groups excluding carboxylic acids is 2. The summed E-state index contributed by atoms with van der Waals surface area (Å²) in [5.74, 6) is -0.737. The normalized spacial score (nSPS) is 17.5. The standard InChI is InChI=1S/C17H22N4O2/c1-20-10-8-14(11-20)12-21(2)17(23)16(22)19-15-5-3-13(4-6-15)7-9-18/h3-6,14H,7-8,10-12H2,1-2H3,(H,19,22). The molecule has 1 aromatic rings. The summed E-state index contributed by atoms with van der Waals surface area (Å²) in [4.78, 5) is 27.9. The highest BCUT2D eigenvalue weighted by Crippen LogP contribution is 2.15. The number of rotatable bonds is 4. The van der Waals surface area contributed by atoms with Crippen LogP contribution in [0.5, 0.6) is 0 Å². The molecule has 0 aliphatic carbocycles. The van der Waals surface area contributed by atoms with Crippen molar-refractivity contribution in [2.24, 2.45) is 5.92 Å². The number of hydrogen-bond donors (Lipinski definition) is 1. The van der Waals surface area contributed by atoms with Crippen LogP contribution in [0.15, 0.2) is 24.3 Å². The zero-order valence-electron chi connectivity index (χ0n) is 13.6. The van der Waals surface area contributed by atoms with E-state index in [1.807, 2.05) is 0 Å². The minimum atomic E-state index is -0.633. The third kappa shape index (κ3) is 4.80. The second kappa shape index (κ2) is 7.75. The smallest absolute Gasteiger partial charge is 0.313 e. The summed E-state index contributed by atoms with van der Waals surface area (Å²) in [5.41, 5.74) is 1.43. The summed E-state index contributed by atoms with van der Waals surface area (Å²) >= 11 is 0. The number of anilines is 1. The molecule has 2 amide bonds. The number of hydrogen-bond acceptors (Lipinski definition) is 4. The largest absolute Gasteiger partial charge is 0.337 e. The zero-order valence-corrected chi connectivity index (χ0v) is 13.6.